The summed E-state index contributed by atoms with van der Waals surface area (Å²) in [5.74, 6) is -0.0363. The van der Waals surface area contributed by atoms with Crippen molar-refractivity contribution in [1.82, 2.24) is 25.2 Å². The first kappa shape index (κ1) is 18.4. The number of nitrogens with one attached hydrogen (secondary N) is 2. The summed E-state index contributed by atoms with van der Waals surface area (Å²) < 4.78 is 1.81. The van der Waals surface area contributed by atoms with Gasteiger partial charge in [-0.1, -0.05) is 54.6 Å². The van der Waals surface area contributed by atoms with Crippen LogP contribution < -0.4 is 10.6 Å². The van der Waals surface area contributed by atoms with E-state index in [2.05, 4.69) is 20.8 Å². The molecule has 7 nitrogen and oxygen atoms in total. The topological polar surface area (TPSA) is 88.4 Å². The summed E-state index contributed by atoms with van der Waals surface area (Å²) in [4.78, 5) is 25.6. The number of rotatable bonds is 6. The molecule has 0 saturated heterocycles. The van der Waals surface area contributed by atoms with Crippen molar-refractivity contribution in [2.45, 2.75) is 12.6 Å². The van der Waals surface area contributed by atoms with Crippen molar-refractivity contribution >= 4 is 17.5 Å². The molecule has 2 aromatic carbocycles. The molecule has 0 fully saturated rings. The van der Waals surface area contributed by atoms with Gasteiger partial charge in [0.15, 0.2) is 11.5 Å². The molecule has 0 aliphatic rings. The van der Waals surface area contributed by atoms with Gasteiger partial charge in [0, 0.05) is 11.8 Å². The third-order valence-electron chi connectivity index (χ3n) is 4.51. The quantitative estimate of drug-likeness (QED) is 0.534. The molecule has 0 saturated carbocycles. The second-order valence-electron chi connectivity index (χ2n) is 6.45. The van der Waals surface area contributed by atoms with Crippen LogP contribution in [0, 0.1) is 0 Å². The molecule has 4 aromatic rings. The van der Waals surface area contributed by atoms with E-state index in [1.165, 1.54) is 0 Å². The Morgan fingerprint density at radius 2 is 1.55 bits per heavy atom. The van der Waals surface area contributed by atoms with Crippen molar-refractivity contribution in [1.29, 1.82) is 0 Å². The van der Waals surface area contributed by atoms with E-state index in [-0.39, 0.29) is 18.4 Å². The zero-order valence-corrected chi connectivity index (χ0v) is 15.5. The Bertz CT molecular complexity index is 1130. The second kappa shape index (κ2) is 8.35. The van der Waals surface area contributed by atoms with Crippen LogP contribution in [0.4, 0.5) is 0 Å². The van der Waals surface area contributed by atoms with Gasteiger partial charge in [0.05, 0.1) is 6.54 Å². The van der Waals surface area contributed by atoms with Gasteiger partial charge in [0.2, 0.25) is 5.91 Å². The fourth-order valence-electron chi connectivity index (χ4n) is 3.03. The van der Waals surface area contributed by atoms with E-state index in [9.17, 15) is 9.59 Å². The third kappa shape index (κ3) is 4.14. The number of hydrogen-bond donors (Lipinski definition) is 2. The van der Waals surface area contributed by atoms with Gasteiger partial charge in [-0.25, -0.2) is 0 Å². The largest absolute Gasteiger partial charge is 0.347 e. The van der Waals surface area contributed by atoms with Crippen LogP contribution in [0.5, 0.6) is 0 Å². The fraction of sp³-hybridized carbons (Fsp3) is 0.0909. The minimum atomic E-state index is -0.830. The summed E-state index contributed by atoms with van der Waals surface area (Å²) in [6.07, 6.45) is 1.84. The van der Waals surface area contributed by atoms with Crippen LogP contribution in [-0.4, -0.2) is 26.4 Å². The van der Waals surface area contributed by atoms with E-state index < -0.39 is 6.04 Å². The Morgan fingerprint density at radius 3 is 2.31 bits per heavy atom. The first-order valence-electron chi connectivity index (χ1n) is 9.19. The summed E-state index contributed by atoms with van der Waals surface area (Å²) in [7, 11) is 0. The van der Waals surface area contributed by atoms with Gasteiger partial charge in [0.1, 0.15) is 6.04 Å². The molecular weight excluding hydrogens is 366 g/mol. The molecule has 0 spiro atoms. The van der Waals surface area contributed by atoms with Crippen LogP contribution in [0.3, 0.4) is 0 Å². The Kier molecular flexibility index (Phi) is 5.29. The predicted octanol–water partition coefficient (Wildman–Crippen LogP) is 2.52. The number of hydrogen-bond acceptors (Lipinski definition) is 4. The van der Waals surface area contributed by atoms with Crippen molar-refractivity contribution < 1.29 is 9.59 Å². The van der Waals surface area contributed by atoms with Crippen molar-refractivity contribution in [2.75, 3.05) is 0 Å². The van der Waals surface area contributed by atoms with Crippen LogP contribution in [0.25, 0.3) is 5.65 Å². The van der Waals surface area contributed by atoms with Gasteiger partial charge >= 0.3 is 0 Å². The second-order valence-corrected chi connectivity index (χ2v) is 6.45. The lowest BCUT2D eigenvalue weighted by Gasteiger charge is -2.19. The molecule has 0 aliphatic carbocycles. The highest BCUT2D eigenvalue weighted by Gasteiger charge is 2.23. The van der Waals surface area contributed by atoms with Crippen LogP contribution in [0.2, 0.25) is 0 Å². The molecule has 0 aliphatic heterocycles. The summed E-state index contributed by atoms with van der Waals surface area (Å²) in [6, 6.07) is 22.7. The molecule has 2 amide bonds. The standard InChI is InChI=1S/C22H19N5O2/c28-21(17-11-5-2-6-12-17)24-20(16-9-3-1-4-10-16)22(29)23-15-19-26-25-18-13-7-8-14-27(18)19/h1-14,20H,15H2,(H,23,29)(H,24,28). The maximum absolute atomic E-state index is 13.0. The van der Waals surface area contributed by atoms with Gasteiger partial charge in [-0.05, 0) is 29.8 Å². The van der Waals surface area contributed by atoms with Crippen LogP contribution in [0.15, 0.2) is 85.1 Å². The average Bonchev–Trinajstić information content (AvgIpc) is 3.20. The number of amides is 2. The Morgan fingerprint density at radius 1 is 0.862 bits per heavy atom. The molecule has 29 heavy (non-hydrogen) atoms. The van der Waals surface area contributed by atoms with E-state index in [1.54, 1.807) is 28.7 Å². The van der Waals surface area contributed by atoms with Crippen LogP contribution >= 0.6 is 0 Å². The highest BCUT2D eigenvalue weighted by molar-refractivity contribution is 5.97. The molecule has 2 aromatic heterocycles. The molecule has 2 N–H and O–H groups in total. The summed E-state index contributed by atoms with van der Waals surface area (Å²) in [6.45, 7) is 0.189. The number of carbonyl (C=O) groups is 2. The SMILES string of the molecule is O=C(NC(C(=O)NCc1nnc2ccccn12)c1ccccc1)c1ccccc1. The molecular formula is C22H19N5O2. The predicted molar refractivity (Wildman–Crippen MR) is 108 cm³/mol. The van der Waals surface area contributed by atoms with E-state index >= 15 is 0 Å². The minimum Gasteiger partial charge on any atom is -0.347 e. The number of fused-ring (bicyclic) bond motifs is 1. The minimum absolute atomic E-state index is 0.189. The first-order chi connectivity index (χ1) is 14.2. The van der Waals surface area contributed by atoms with Crippen LogP contribution in [-0.2, 0) is 11.3 Å². The van der Waals surface area contributed by atoms with Gasteiger partial charge in [0.25, 0.3) is 5.91 Å². The molecule has 7 heteroatoms. The monoisotopic (exact) mass is 385 g/mol. The highest BCUT2D eigenvalue weighted by atomic mass is 16.2. The van der Waals surface area contributed by atoms with Crippen molar-refractivity contribution in [3.8, 4) is 0 Å². The molecule has 1 unspecified atom stereocenters. The lowest BCUT2D eigenvalue weighted by molar-refractivity contribution is -0.123. The fourth-order valence-corrected chi connectivity index (χ4v) is 3.03. The summed E-state index contributed by atoms with van der Waals surface area (Å²) in [5.41, 5.74) is 1.89. The Labute approximate surface area is 167 Å². The third-order valence-corrected chi connectivity index (χ3v) is 4.51. The highest BCUT2D eigenvalue weighted by Crippen LogP contribution is 2.14. The molecule has 0 bridgehead atoms. The van der Waals surface area contributed by atoms with Crippen molar-refractivity contribution in [3.63, 3.8) is 0 Å². The Hall–Kier alpha value is -4.00. The lowest BCUT2D eigenvalue weighted by atomic mass is 10.1. The van der Waals surface area contributed by atoms with Gasteiger partial charge < -0.3 is 10.6 Å². The zero-order chi connectivity index (χ0) is 20.1. The maximum Gasteiger partial charge on any atom is 0.252 e. The molecule has 0 radical (unpaired) electrons. The Balaban J connectivity index is 1.52. The first-order valence-corrected chi connectivity index (χ1v) is 9.19. The van der Waals surface area contributed by atoms with E-state index in [0.29, 0.717) is 22.6 Å². The number of pyridine rings is 1. The zero-order valence-electron chi connectivity index (χ0n) is 15.5. The van der Waals surface area contributed by atoms with Gasteiger partial charge in [-0.3, -0.25) is 14.0 Å². The smallest absolute Gasteiger partial charge is 0.252 e. The van der Waals surface area contributed by atoms with Crippen molar-refractivity contribution in [2.24, 2.45) is 0 Å². The molecule has 2 heterocycles. The lowest BCUT2D eigenvalue weighted by Crippen LogP contribution is -2.40. The van der Waals surface area contributed by atoms with Gasteiger partial charge in [-0.2, -0.15) is 0 Å². The number of aromatic nitrogens is 3. The molecule has 144 valence electrons. The summed E-state index contributed by atoms with van der Waals surface area (Å²) in [5, 5.41) is 13.9. The van der Waals surface area contributed by atoms with Crippen LogP contribution in [0.1, 0.15) is 27.8 Å². The number of benzene rings is 2. The summed E-state index contributed by atoms with van der Waals surface area (Å²) >= 11 is 0. The average molecular weight is 385 g/mol. The maximum atomic E-state index is 13.0. The van der Waals surface area contributed by atoms with Gasteiger partial charge in [-0.15, -0.1) is 10.2 Å². The normalized spacial score (nSPS) is 11.7. The number of carbonyl (C=O) groups excluding carboxylic acids is 2. The van der Waals surface area contributed by atoms with E-state index in [4.69, 9.17) is 0 Å². The van der Waals surface area contributed by atoms with E-state index in [1.807, 2.05) is 60.8 Å². The number of nitrogens with zero attached hydrogens (tertiary/aromatic N) is 3. The van der Waals surface area contributed by atoms with E-state index in [0.717, 1.165) is 0 Å². The van der Waals surface area contributed by atoms with Crippen molar-refractivity contribution in [3.05, 3.63) is 102 Å². The molecule has 4 rings (SSSR count). The molecule has 1 atom stereocenters.